The molecule has 3 aromatic rings. The second kappa shape index (κ2) is 9.97. The topological polar surface area (TPSA) is 54.3 Å². The number of aryl methyl sites for hydroxylation is 3. The van der Waals surface area contributed by atoms with Crippen LogP contribution >= 0.6 is 23.1 Å². The molecule has 1 saturated heterocycles. The number of imidazole rings is 1. The van der Waals surface area contributed by atoms with Crippen molar-refractivity contribution in [2.75, 3.05) is 31.9 Å². The van der Waals surface area contributed by atoms with Gasteiger partial charge < -0.3 is 4.90 Å². The summed E-state index contributed by atoms with van der Waals surface area (Å²) >= 11 is 3.24. The van der Waals surface area contributed by atoms with E-state index in [0.29, 0.717) is 5.75 Å². The summed E-state index contributed by atoms with van der Waals surface area (Å²) in [5.41, 5.74) is 4.75. The van der Waals surface area contributed by atoms with Gasteiger partial charge in [-0.15, -0.1) is 11.3 Å². The molecule has 4 rings (SSSR count). The molecule has 0 radical (unpaired) electrons. The number of rotatable bonds is 7. The zero-order chi connectivity index (χ0) is 21.8. The molecule has 31 heavy (non-hydrogen) atoms. The molecule has 8 heteroatoms. The van der Waals surface area contributed by atoms with Crippen molar-refractivity contribution in [2.45, 2.75) is 38.9 Å². The van der Waals surface area contributed by atoms with E-state index in [2.05, 4.69) is 63.8 Å². The van der Waals surface area contributed by atoms with E-state index in [1.54, 1.807) is 17.5 Å². The third-order valence-electron chi connectivity index (χ3n) is 5.71. The maximum absolute atomic E-state index is 12.8. The van der Waals surface area contributed by atoms with Crippen LogP contribution in [0.2, 0.25) is 0 Å². The number of aromatic nitrogens is 3. The lowest BCUT2D eigenvalue weighted by molar-refractivity contribution is -0.130. The zero-order valence-electron chi connectivity index (χ0n) is 18.4. The van der Waals surface area contributed by atoms with Crippen molar-refractivity contribution in [2.24, 2.45) is 0 Å². The fraction of sp³-hybridized carbons (Fsp3) is 0.435. The van der Waals surface area contributed by atoms with Crippen molar-refractivity contribution in [3.8, 4) is 5.69 Å². The normalized spacial score (nSPS) is 14.9. The molecule has 0 aliphatic carbocycles. The number of carbonyl (C=O) groups excluding carboxylic acids is 1. The number of thiazole rings is 1. The fourth-order valence-electron chi connectivity index (χ4n) is 3.65. The van der Waals surface area contributed by atoms with Crippen LogP contribution in [0.5, 0.6) is 0 Å². The van der Waals surface area contributed by atoms with Crippen LogP contribution in [-0.4, -0.2) is 62.2 Å². The highest BCUT2D eigenvalue weighted by atomic mass is 32.2. The van der Waals surface area contributed by atoms with Crippen LogP contribution in [-0.2, 0) is 17.8 Å². The molecular formula is C23H29N5OS2. The van der Waals surface area contributed by atoms with Crippen molar-refractivity contribution < 1.29 is 4.79 Å². The average molecular weight is 456 g/mol. The number of amides is 1. The molecule has 0 spiro atoms. The third kappa shape index (κ3) is 5.37. The van der Waals surface area contributed by atoms with Crippen LogP contribution in [0.1, 0.15) is 28.8 Å². The summed E-state index contributed by atoms with van der Waals surface area (Å²) in [6.07, 6.45) is 4.74. The van der Waals surface area contributed by atoms with Crippen LogP contribution in [0.15, 0.2) is 41.1 Å². The highest BCUT2D eigenvalue weighted by Gasteiger charge is 2.22. The molecule has 1 amide bonds. The van der Waals surface area contributed by atoms with Crippen LogP contribution < -0.4 is 0 Å². The molecule has 0 unspecified atom stereocenters. The smallest absolute Gasteiger partial charge is 0.233 e. The standard InChI is InChI=1S/C23H29N5OS2/c1-4-21-25-19(15-30-21)14-26-9-11-27(12-10-26)22(29)16-31-23-24-7-8-28(23)20-6-5-17(2)18(3)13-20/h5-8,13,15H,4,9-12,14,16H2,1-3H3. The third-order valence-corrected chi connectivity index (χ3v) is 7.71. The number of carbonyl (C=O) groups is 1. The van der Waals surface area contributed by atoms with E-state index in [4.69, 9.17) is 0 Å². The maximum Gasteiger partial charge on any atom is 0.233 e. The SMILES string of the molecule is CCc1nc(CN2CCN(C(=O)CSc3nccn3-c3ccc(C)c(C)c3)CC2)cs1. The van der Waals surface area contributed by atoms with Gasteiger partial charge in [-0.25, -0.2) is 9.97 Å². The van der Waals surface area contributed by atoms with Gasteiger partial charge in [0, 0.05) is 56.2 Å². The lowest BCUT2D eigenvalue weighted by Crippen LogP contribution is -2.48. The van der Waals surface area contributed by atoms with Gasteiger partial charge in [0.25, 0.3) is 0 Å². The van der Waals surface area contributed by atoms with Gasteiger partial charge in [0.2, 0.25) is 5.91 Å². The lowest BCUT2D eigenvalue weighted by Gasteiger charge is -2.34. The first-order chi connectivity index (χ1) is 15.0. The second-order valence-electron chi connectivity index (χ2n) is 7.88. The van der Waals surface area contributed by atoms with Crippen molar-refractivity contribution in [1.82, 2.24) is 24.3 Å². The minimum Gasteiger partial charge on any atom is -0.339 e. The van der Waals surface area contributed by atoms with E-state index in [-0.39, 0.29) is 5.91 Å². The Balaban J connectivity index is 1.28. The Kier molecular flexibility index (Phi) is 7.09. The van der Waals surface area contributed by atoms with Crippen LogP contribution in [0.25, 0.3) is 5.69 Å². The molecule has 3 heterocycles. The van der Waals surface area contributed by atoms with Crippen molar-refractivity contribution in [1.29, 1.82) is 0 Å². The fourth-order valence-corrected chi connectivity index (χ4v) is 5.27. The van der Waals surface area contributed by atoms with Crippen molar-refractivity contribution in [3.63, 3.8) is 0 Å². The Morgan fingerprint density at radius 3 is 2.68 bits per heavy atom. The molecule has 0 saturated carbocycles. The van der Waals surface area contributed by atoms with Crippen molar-refractivity contribution >= 4 is 29.0 Å². The molecule has 0 N–H and O–H groups in total. The largest absolute Gasteiger partial charge is 0.339 e. The predicted molar refractivity (Wildman–Crippen MR) is 127 cm³/mol. The summed E-state index contributed by atoms with van der Waals surface area (Å²) in [6, 6.07) is 6.38. The molecule has 2 aromatic heterocycles. The van der Waals surface area contributed by atoms with Crippen LogP contribution in [0.4, 0.5) is 0 Å². The molecule has 1 aromatic carbocycles. The van der Waals surface area contributed by atoms with Gasteiger partial charge in [0.1, 0.15) is 0 Å². The minimum atomic E-state index is 0.182. The Morgan fingerprint density at radius 1 is 1.16 bits per heavy atom. The molecule has 0 bridgehead atoms. The predicted octanol–water partition coefficient (Wildman–Crippen LogP) is 3.94. The van der Waals surface area contributed by atoms with Gasteiger partial charge >= 0.3 is 0 Å². The molecule has 6 nitrogen and oxygen atoms in total. The Bertz CT molecular complexity index is 1040. The van der Waals surface area contributed by atoms with Crippen LogP contribution in [0.3, 0.4) is 0 Å². The summed E-state index contributed by atoms with van der Waals surface area (Å²) < 4.78 is 2.06. The first-order valence-corrected chi connectivity index (χ1v) is 12.6. The van der Waals surface area contributed by atoms with Gasteiger partial charge in [-0.05, 0) is 43.5 Å². The van der Waals surface area contributed by atoms with Gasteiger partial charge in [-0.3, -0.25) is 14.3 Å². The second-order valence-corrected chi connectivity index (χ2v) is 9.77. The van der Waals surface area contributed by atoms with Crippen LogP contribution in [0, 0.1) is 13.8 Å². The quantitative estimate of drug-likeness (QED) is 0.505. The van der Waals surface area contributed by atoms with Gasteiger partial charge in [-0.2, -0.15) is 0 Å². The van der Waals surface area contributed by atoms with Crippen molar-refractivity contribution in [3.05, 3.63) is 57.8 Å². The monoisotopic (exact) mass is 455 g/mol. The number of hydrogen-bond acceptors (Lipinski definition) is 6. The number of nitrogens with zero attached hydrogens (tertiary/aromatic N) is 5. The van der Waals surface area contributed by atoms with Gasteiger partial charge in [0.15, 0.2) is 5.16 Å². The molecule has 1 aliphatic rings. The lowest BCUT2D eigenvalue weighted by atomic mass is 10.1. The van der Waals surface area contributed by atoms with E-state index in [9.17, 15) is 4.79 Å². The molecular weight excluding hydrogens is 426 g/mol. The average Bonchev–Trinajstić information content (AvgIpc) is 3.44. The summed E-state index contributed by atoms with van der Waals surface area (Å²) in [6.45, 7) is 10.6. The number of benzene rings is 1. The molecule has 1 fully saturated rings. The molecule has 164 valence electrons. The van der Waals surface area contributed by atoms with Gasteiger partial charge in [-0.1, -0.05) is 24.8 Å². The summed E-state index contributed by atoms with van der Waals surface area (Å²) in [7, 11) is 0. The number of piperazine rings is 1. The van der Waals surface area contributed by atoms with E-state index in [1.807, 2.05) is 11.1 Å². The maximum atomic E-state index is 12.8. The number of thioether (sulfide) groups is 1. The number of hydrogen-bond donors (Lipinski definition) is 0. The van der Waals surface area contributed by atoms with E-state index in [1.165, 1.54) is 27.9 Å². The van der Waals surface area contributed by atoms with Gasteiger partial charge in [0.05, 0.1) is 16.5 Å². The van der Waals surface area contributed by atoms with E-state index in [0.717, 1.165) is 55.7 Å². The Labute approximate surface area is 192 Å². The first kappa shape index (κ1) is 22.0. The first-order valence-electron chi connectivity index (χ1n) is 10.7. The summed E-state index contributed by atoms with van der Waals surface area (Å²) in [5.74, 6) is 0.592. The van der Waals surface area contributed by atoms with E-state index < -0.39 is 0 Å². The highest BCUT2D eigenvalue weighted by Crippen LogP contribution is 2.23. The summed E-state index contributed by atoms with van der Waals surface area (Å²) in [4.78, 5) is 26.3. The summed E-state index contributed by atoms with van der Waals surface area (Å²) in [5, 5.41) is 4.20. The highest BCUT2D eigenvalue weighted by molar-refractivity contribution is 7.99. The van der Waals surface area contributed by atoms with E-state index >= 15 is 0 Å². The molecule has 1 aliphatic heterocycles. The Hall–Kier alpha value is -2.16. The molecule has 0 atom stereocenters. The Morgan fingerprint density at radius 2 is 1.97 bits per heavy atom. The zero-order valence-corrected chi connectivity index (χ0v) is 20.0. The minimum absolute atomic E-state index is 0.182.